The fraction of sp³-hybridized carbons (Fsp3) is 0.190. The van der Waals surface area contributed by atoms with Gasteiger partial charge in [0.15, 0.2) is 28.6 Å². The lowest BCUT2D eigenvalue weighted by Gasteiger charge is -2.16. The second-order valence-electron chi connectivity index (χ2n) is 6.50. The van der Waals surface area contributed by atoms with Crippen LogP contribution in [0.1, 0.15) is 11.1 Å². The largest absolute Gasteiger partial charge is 0.493 e. The van der Waals surface area contributed by atoms with Gasteiger partial charge in [-0.2, -0.15) is 0 Å². The normalized spacial score (nSPS) is 14.0. The summed E-state index contributed by atoms with van der Waals surface area (Å²) in [5, 5.41) is 14.6. The van der Waals surface area contributed by atoms with Crippen molar-refractivity contribution in [3.05, 3.63) is 42.1 Å². The topological polar surface area (TPSA) is 70.0 Å². The molecule has 0 radical (unpaired) electrons. The number of ether oxygens (including phenoxy) is 4. The fourth-order valence-electron chi connectivity index (χ4n) is 3.74. The monoisotopic (exact) mass is 397 g/mol. The number of nitrogens with zero attached hydrogens (tertiary/aromatic N) is 1. The Morgan fingerprint density at radius 1 is 0.893 bits per heavy atom. The van der Waals surface area contributed by atoms with Crippen molar-refractivity contribution in [2.45, 2.75) is 5.56 Å². The van der Waals surface area contributed by atoms with Crippen molar-refractivity contribution < 1.29 is 24.1 Å². The summed E-state index contributed by atoms with van der Waals surface area (Å²) >= 11 is 6.12. The minimum absolute atomic E-state index is 0.190. The van der Waals surface area contributed by atoms with Crippen LogP contribution in [0.4, 0.5) is 0 Å². The van der Waals surface area contributed by atoms with E-state index in [1.54, 1.807) is 20.4 Å². The summed E-state index contributed by atoms with van der Waals surface area (Å²) in [4.78, 5) is 4.61. The van der Waals surface area contributed by atoms with Crippen molar-refractivity contribution in [2.24, 2.45) is 0 Å². The Bertz CT molecular complexity index is 1250. The number of benzene rings is 3. The van der Waals surface area contributed by atoms with Crippen LogP contribution in [-0.2, 0) is 0 Å². The number of halogens is 1. The van der Waals surface area contributed by atoms with Crippen LogP contribution in [0.2, 0.25) is 0 Å². The number of aromatic nitrogens is 1. The van der Waals surface area contributed by atoms with E-state index >= 15 is 0 Å². The first-order valence-corrected chi connectivity index (χ1v) is 9.07. The molecule has 4 aromatic rings. The molecule has 142 valence electrons. The Balaban J connectivity index is 1.95. The van der Waals surface area contributed by atoms with E-state index in [2.05, 4.69) is 4.98 Å². The zero-order valence-electron chi connectivity index (χ0n) is 15.2. The lowest BCUT2D eigenvalue weighted by atomic mass is 9.95. The molecule has 2 heterocycles. The highest BCUT2D eigenvalue weighted by atomic mass is 35.5. The van der Waals surface area contributed by atoms with Crippen molar-refractivity contribution >= 4 is 44.0 Å². The molecule has 0 spiro atoms. The molecule has 1 unspecified atom stereocenters. The predicted molar refractivity (Wildman–Crippen MR) is 107 cm³/mol. The molecule has 1 aliphatic rings. The predicted octanol–water partition coefficient (Wildman–Crippen LogP) is 4.52. The molecule has 28 heavy (non-hydrogen) atoms. The summed E-state index contributed by atoms with van der Waals surface area (Å²) in [7, 11) is 3.15. The maximum atomic E-state index is 10.2. The van der Waals surface area contributed by atoms with Crippen LogP contribution < -0.4 is 18.9 Å². The van der Waals surface area contributed by atoms with Crippen molar-refractivity contribution in [3.63, 3.8) is 0 Å². The molecule has 0 amide bonds. The molecule has 5 rings (SSSR count). The van der Waals surface area contributed by atoms with E-state index in [9.17, 15) is 5.11 Å². The number of rotatable bonds is 3. The molecule has 0 aliphatic carbocycles. The molecule has 7 heteroatoms. The van der Waals surface area contributed by atoms with E-state index in [1.165, 1.54) is 0 Å². The Morgan fingerprint density at radius 2 is 1.54 bits per heavy atom. The minimum atomic E-state index is -1.18. The number of fused-ring (bicyclic) bond motifs is 6. The van der Waals surface area contributed by atoms with Gasteiger partial charge in [-0.15, -0.1) is 0 Å². The van der Waals surface area contributed by atoms with Gasteiger partial charge in [-0.1, -0.05) is 11.6 Å². The van der Waals surface area contributed by atoms with E-state index in [0.29, 0.717) is 28.6 Å². The zero-order valence-corrected chi connectivity index (χ0v) is 15.9. The van der Waals surface area contributed by atoms with Crippen LogP contribution in [0.3, 0.4) is 0 Å². The highest BCUT2D eigenvalue weighted by Gasteiger charge is 2.20. The van der Waals surface area contributed by atoms with E-state index < -0.39 is 5.56 Å². The van der Waals surface area contributed by atoms with Crippen LogP contribution in [0.5, 0.6) is 23.0 Å². The second-order valence-corrected chi connectivity index (χ2v) is 6.91. The van der Waals surface area contributed by atoms with Crippen molar-refractivity contribution in [1.82, 2.24) is 4.98 Å². The second kappa shape index (κ2) is 6.29. The van der Waals surface area contributed by atoms with Gasteiger partial charge in [-0.3, -0.25) is 4.98 Å². The van der Waals surface area contributed by atoms with E-state index in [4.69, 9.17) is 30.5 Å². The molecule has 1 aliphatic heterocycles. The highest BCUT2D eigenvalue weighted by molar-refractivity contribution is 6.23. The number of aliphatic hydroxyl groups excluding tert-OH is 1. The third kappa shape index (κ3) is 2.42. The van der Waals surface area contributed by atoms with Crippen LogP contribution in [0.25, 0.3) is 32.4 Å². The smallest absolute Gasteiger partial charge is 0.231 e. The SMILES string of the molecule is COc1cc2c(C(O)Cl)cc3c4cc5c(cc4ncc3c2cc1OC)OCO5. The summed E-state index contributed by atoms with van der Waals surface area (Å²) in [6, 6.07) is 9.34. The van der Waals surface area contributed by atoms with Gasteiger partial charge in [0, 0.05) is 28.6 Å². The summed E-state index contributed by atoms with van der Waals surface area (Å²) in [5.74, 6) is 2.49. The van der Waals surface area contributed by atoms with Gasteiger partial charge in [0.25, 0.3) is 0 Å². The maximum absolute atomic E-state index is 10.2. The zero-order chi connectivity index (χ0) is 19.4. The van der Waals surface area contributed by atoms with Gasteiger partial charge < -0.3 is 24.1 Å². The summed E-state index contributed by atoms with van der Waals surface area (Å²) in [6.45, 7) is 0.190. The van der Waals surface area contributed by atoms with Gasteiger partial charge in [0.2, 0.25) is 6.79 Å². The summed E-state index contributed by atoms with van der Waals surface area (Å²) in [6.07, 6.45) is 1.80. The maximum Gasteiger partial charge on any atom is 0.231 e. The number of hydrogen-bond donors (Lipinski definition) is 1. The Kier molecular flexibility index (Phi) is 3.86. The van der Waals surface area contributed by atoms with Gasteiger partial charge in [0.1, 0.15) is 0 Å². The number of aliphatic hydroxyl groups is 1. The molecular weight excluding hydrogens is 382 g/mol. The lowest BCUT2D eigenvalue weighted by molar-refractivity contribution is 0.174. The Morgan fingerprint density at radius 3 is 2.21 bits per heavy atom. The molecule has 3 aromatic carbocycles. The summed E-state index contributed by atoms with van der Waals surface area (Å²) in [5.41, 5.74) is 0.170. The lowest BCUT2D eigenvalue weighted by Crippen LogP contribution is -1.96. The molecule has 0 fully saturated rings. The van der Waals surface area contributed by atoms with Gasteiger partial charge >= 0.3 is 0 Å². The van der Waals surface area contributed by atoms with E-state index in [0.717, 1.165) is 32.4 Å². The average Bonchev–Trinajstić information content (AvgIpc) is 3.17. The van der Waals surface area contributed by atoms with Crippen molar-refractivity contribution in [1.29, 1.82) is 0 Å². The molecular formula is C21H16ClNO5. The number of pyridine rings is 1. The minimum Gasteiger partial charge on any atom is -0.493 e. The van der Waals surface area contributed by atoms with Crippen LogP contribution >= 0.6 is 11.6 Å². The van der Waals surface area contributed by atoms with Gasteiger partial charge in [0.05, 0.1) is 19.7 Å². The average molecular weight is 398 g/mol. The Hall–Kier alpha value is -2.96. The first kappa shape index (κ1) is 17.2. The van der Waals surface area contributed by atoms with Gasteiger partial charge in [-0.05, 0) is 40.4 Å². The van der Waals surface area contributed by atoms with E-state index in [1.807, 2.05) is 30.3 Å². The van der Waals surface area contributed by atoms with Crippen LogP contribution in [-0.4, -0.2) is 31.1 Å². The van der Waals surface area contributed by atoms with Gasteiger partial charge in [-0.25, -0.2) is 0 Å². The molecule has 0 saturated heterocycles. The van der Waals surface area contributed by atoms with E-state index in [-0.39, 0.29) is 6.79 Å². The molecule has 1 aromatic heterocycles. The molecule has 6 nitrogen and oxygen atoms in total. The molecule has 1 atom stereocenters. The van der Waals surface area contributed by atoms with Crippen molar-refractivity contribution in [3.8, 4) is 23.0 Å². The van der Waals surface area contributed by atoms with Crippen LogP contribution in [0, 0.1) is 0 Å². The fourth-order valence-corrected chi connectivity index (χ4v) is 3.92. The molecule has 1 N–H and O–H groups in total. The first-order valence-electron chi connectivity index (χ1n) is 8.63. The highest BCUT2D eigenvalue weighted by Crippen LogP contribution is 2.43. The summed E-state index contributed by atoms with van der Waals surface area (Å²) < 4.78 is 21.9. The number of alkyl halides is 1. The first-order chi connectivity index (χ1) is 13.6. The third-order valence-corrected chi connectivity index (χ3v) is 5.32. The molecule has 0 bridgehead atoms. The molecule has 0 saturated carbocycles. The standard InChI is InChI=1S/C21H16ClNO5/c1-25-17-4-11-12(5-18(17)26-2)15-8-23-16-7-20-19(27-9-28-20)6-13(16)10(15)3-14(11)21(22)24/h3-8,21,24H,9H2,1-2H3. The third-order valence-electron chi connectivity index (χ3n) is 5.09. The Labute approximate surface area is 165 Å². The number of methoxy groups -OCH3 is 2. The quantitative estimate of drug-likeness (QED) is 0.405. The van der Waals surface area contributed by atoms with Crippen LogP contribution in [0.15, 0.2) is 36.5 Å². The number of hydrogen-bond acceptors (Lipinski definition) is 6. The van der Waals surface area contributed by atoms with Crippen molar-refractivity contribution in [2.75, 3.05) is 21.0 Å².